The molecule has 0 saturated carbocycles. The first kappa shape index (κ1) is 14.0. The minimum atomic E-state index is -4.38. The quantitative estimate of drug-likeness (QED) is 0.559. The van der Waals surface area contributed by atoms with Gasteiger partial charge in [0.2, 0.25) is 0 Å². The van der Waals surface area contributed by atoms with E-state index in [1.807, 2.05) is 22.6 Å². The first-order valence-electron chi connectivity index (χ1n) is 4.70. The van der Waals surface area contributed by atoms with Gasteiger partial charge in [0.05, 0.1) is 25.0 Å². The van der Waals surface area contributed by atoms with E-state index < -0.39 is 11.7 Å². The molecule has 1 heterocycles. The van der Waals surface area contributed by atoms with Crippen molar-refractivity contribution in [2.75, 3.05) is 0 Å². The van der Waals surface area contributed by atoms with E-state index in [4.69, 9.17) is 23.2 Å². The number of alkyl halides is 3. The molecule has 0 saturated heterocycles. The molecule has 2 rings (SSSR count). The van der Waals surface area contributed by atoms with Gasteiger partial charge in [-0.1, -0.05) is 29.3 Å². The van der Waals surface area contributed by atoms with Gasteiger partial charge < -0.3 is 4.57 Å². The minimum absolute atomic E-state index is 0.224. The van der Waals surface area contributed by atoms with E-state index in [9.17, 15) is 13.2 Å². The summed E-state index contributed by atoms with van der Waals surface area (Å²) in [6, 6.07) is 5.87. The van der Waals surface area contributed by atoms with Crippen LogP contribution < -0.4 is 0 Å². The van der Waals surface area contributed by atoms with Gasteiger partial charge in [0.25, 0.3) is 0 Å². The lowest BCUT2D eigenvalue weighted by Gasteiger charge is -2.08. The first-order chi connectivity index (χ1) is 8.30. The lowest BCUT2D eigenvalue weighted by Crippen LogP contribution is -2.03. The molecule has 7 heteroatoms. The zero-order valence-corrected chi connectivity index (χ0v) is 12.3. The average Bonchev–Trinajstić information content (AvgIpc) is 2.64. The van der Waals surface area contributed by atoms with Crippen molar-refractivity contribution >= 4 is 45.8 Å². The van der Waals surface area contributed by atoms with Crippen molar-refractivity contribution in [1.29, 1.82) is 0 Å². The fourth-order valence-corrected chi connectivity index (χ4v) is 2.58. The number of halogens is 6. The van der Waals surface area contributed by atoms with Gasteiger partial charge in [0.1, 0.15) is 0 Å². The Balaban J connectivity index is 2.58. The first-order valence-corrected chi connectivity index (χ1v) is 6.53. The normalized spacial score (nSPS) is 11.9. The maximum absolute atomic E-state index is 12.6. The molecular weight excluding hydrogens is 401 g/mol. The van der Waals surface area contributed by atoms with Crippen LogP contribution in [0.3, 0.4) is 0 Å². The van der Waals surface area contributed by atoms with Gasteiger partial charge in [0.15, 0.2) is 0 Å². The second kappa shape index (κ2) is 4.94. The van der Waals surface area contributed by atoms with E-state index in [1.165, 1.54) is 4.57 Å². The molecule has 0 N–H and O–H groups in total. The molecule has 0 amide bonds. The molecule has 0 atom stereocenters. The largest absolute Gasteiger partial charge is 0.417 e. The molecule has 1 aromatic heterocycles. The summed E-state index contributed by atoms with van der Waals surface area (Å²) in [6.45, 7) is 0. The topological polar surface area (TPSA) is 4.93 Å². The molecule has 1 aromatic carbocycles. The monoisotopic (exact) mass is 405 g/mol. The minimum Gasteiger partial charge on any atom is -0.310 e. The van der Waals surface area contributed by atoms with Gasteiger partial charge in [0, 0.05) is 6.20 Å². The van der Waals surface area contributed by atoms with Gasteiger partial charge in [-0.2, -0.15) is 13.2 Å². The number of hydrogen-bond donors (Lipinski definition) is 0. The number of aromatic nitrogens is 1. The highest BCUT2D eigenvalue weighted by Crippen LogP contribution is 2.35. The molecule has 18 heavy (non-hydrogen) atoms. The van der Waals surface area contributed by atoms with E-state index in [1.54, 1.807) is 18.2 Å². The average molecular weight is 406 g/mol. The Bertz CT molecular complexity index is 592. The molecule has 0 aliphatic carbocycles. The molecule has 0 bridgehead atoms. The van der Waals surface area contributed by atoms with E-state index in [-0.39, 0.29) is 5.02 Å². The van der Waals surface area contributed by atoms with Crippen molar-refractivity contribution in [3.63, 3.8) is 0 Å². The predicted octanol–water partition coefficient (Wildman–Crippen LogP) is 5.41. The lowest BCUT2D eigenvalue weighted by atomic mass is 10.3. The smallest absolute Gasteiger partial charge is 0.310 e. The van der Waals surface area contributed by atoms with Crippen LogP contribution in [0.4, 0.5) is 13.2 Å². The van der Waals surface area contributed by atoms with Crippen molar-refractivity contribution in [1.82, 2.24) is 4.57 Å². The maximum Gasteiger partial charge on any atom is 0.417 e. The molecule has 0 aliphatic rings. The molecule has 0 fully saturated rings. The molecule has 2 aromatic rings. The molecule has 0 unspecified atom stereocenters. The number of rotatable bonds is 1. The molecule has 0 radical (unpaired) electrons. The summed E-state index contributed by atoms with van der Waals surface area (Å²) in [7, 11) is 0. The second-order valence-electron chi connectivity index (χ2n) is 3.49. The summed E-state index contributed by atoms with van der Waals surface area (Å²) >= 11 is 13.6. The Kier molecular flexibility index (Phi) is 3.85. The van der Waals surface area contributed by atoms with Gasteiger partial charge in [-0.3, -0.25) is 0 Å². The van der Waals surface area contributed by atoms with Crippen LogP contribution in [0.15, 0.2) is 30.5 Å². The van der Waals surface area contributed by atoms with Crippen LogP contribution in [-0.4, -0.2) is 4.57 Å². The summed E-state index contributed by atoms with van der Waals surface area (Å²) < 4.78 is 39.6. The standard InChI is InChI=1S/C11H5Cl2F3IN/c12-7-2-1-3-8(10(7)13)18-5-6(4-9(18)17)11(14,15)16/h1-5H. The van der Waals surface area contributed by atoms with Crippen LogP contribution in [0.25, 0.3) is 5.69 Å². The van der Waals surface area contributed by atoms with Crippen molar-refractivity contribution in [2.45, 2.75) is 6.18 Å². The summed E-state index contributed by atoms with van der Waals surface area (Å²) in [5, 5.41) is 0.522. The predicted molar refractivity (Wildman–Crippen MR) is 73.5 cm³/mol. The highest BCUT2D eigenvalue weighted by Gasteiger charge is 2.32. The Morgan fingerprint density at radius 2 is 1.83 bits per heavy atom. The zero-order chi connectivity index (χ0) is 13.5. The van der Waals surface area contributed by atoms with Crippen LogP contribution >= 0.6 is 45.8 Å². The molecule has 1 nitrogen and oxygen atoms in total. The highest BCUT2D eigenvalue weighted by molar-refractivity contribution is 14.1. The fraction of sp³-hybridized carbons (Fsp3) is 0.0909. The van der Waals surface area contributed by atoms with Gasteiger partial charge >= 0.3 is 6.18 Å². The van der Waals surface area contributed by atoms with Gasteiger partial charge in [-0.15, -0.1) is 0 Å². The summed E-state index contributed by atoms with van der Waals surface area (Å²) in [5.41, 5.74) is -0.299. The zero-order valence-electron chi connectivity index (χ0n) is 8.60. The van der Waals surface area contributed by atoms with E-state index >= 15 is 0 Å². The Morgan fingerprint density at radius 1 is 1.17 bits per heavy atom. The van der Waals surface area contributed by atoms with Crippen LogP contribution in [0.1, 0.15) is 5.56 Å². The maximum atomic E-state index is 12.6. The van der Waals surface area contributed by atoms with Crippen LogP contribution in [0, 0.1) is 3.70 Å². The van der Waals surface area contributed by atoms with Gasteiger partial charge in [-0.05, 0) is 40.8 Å². The van der Waals surface area contributed by atoms with Crippen LogP contribution in [-0.2, 0) is 6.18 Å². The third-order valence-electron chi connectivity index (χ3n) is 2.29. The molecule has 0 aliphatic heterocycles. The summed E-state index contributed by atoms with van der Waals surface area (Å²) in [6.07, 6.45) is -3.38. The van der Waals surface area contributed by atoms with E-state index in [2.05, 4.69) is 0 Å². The van der Waals surface area contributed by atoms with Crippen molar-refractivity contribution in [3.05, 3.63) is 49.8 Å². The number of hydrogen-bond acceptors (Lipinski definition) is 0. The molecular formula is C11H5Cl2F3IN. The lowest BCUT2D eigenvalue weighted by molar-refractivity contribution is -0.137. The second-order valence-corrected chi connectivity index (χ2v) is 5.38. The van der Waals surface area contributed by atoms with E-state index in [0.29, 0.717) is 14.4 Å². The Hall–Kier alpha value is -0.400. The highest BCUT2D eigenvalue weighted by atomic mass is 127. The Labute approximate surface area is 125 Å². The van der Waals surface area contributed by atoms with Crippen molar-refractivity contribution in [2.24, 2.45) is 0 Å². The Morgan fingerprint density at radius 3 is 2.39 bits per heavy atom. The third kappa shape index (κ3) is 2.62. The third-order valence-corrected chi connectivity index (χ3v) is 3.93. The molecule has 0 spiro atoms. The number of benzene rings is 1. The number of nitrogens with zero attached hydrogens (tertiary/aromatic N) is 1. The summed E-state index contributed by atoms with van der Waals surface area (Å²) in [4.78, 5) is 0. The van der Waals surface area contributed by atoms with Gasteiger partial charge in [-0.25, -0.2) is 0 Å². The molecule has 96 valence electrons. The summed E-state index contributed by atoms with van der Waals surface area (Å²) in [5.74, 6) is 0. The van der Waals surface area contributed by atoms with E-state index in [0.717, 1.165) is 12.3 Å². The fourth-order valence-electron chi connectivity index (χ4n) is 1.45. The SMILES string of the molecule is FC(F)(F)c1cc(I)n(-c2cccc(Cl)c2Cl)c1. The van der Waals surface area contributed by atoms with Crippen molar-refractivity contribution < 1.29 is 13.2 Å². The van der Waals surface area contributed by atoms with Crippen LogP contribution in [0.5, 0.6) is 0 Å². The van der Waals surface area contributed by atoms with Crippen LogP contribution in [0.2, 0.25) is 10.0 Å². The van der Waals surface area contributed by atoms with Crippen molar-refractivity contribution in [3.8, 4) is 5.69 Å².